The van der Waals surface area contributed by atoms with E-state index in [1.807, 2.05) is 43.3 Å². The highest BCUT2D eigenvalue weighted by molar-refractivity contribution is 14.0. The number of likely N-dealkylation sites (N-methyl/N-ethyl adjacent to an activating group) is 1. The number of aliphatic imine (C=N–C) groups is 1. The number of aryl methyl sites for hydroxylation is 1. The van der Waals surface area contributed by atoms with Crippen molar-refractivity contribution in [3.05, 3.63) is 65.2 Å². The molecule has 0 bridgehead atoms. The molecule has 2 N–H and O–H groups in total. The Bertz CT molecular complexity index is 860. The van der Waals surface area contributed by atoms with Gasteiger partial charge in [0, 0.05) is 26.8 Å². The Balaban J connectivity index is 0.00000512. The topological polar surface area (TPSA) is 75.2 Å². The fourth-order valence-electron chi connectivity index (χ4n) is 2.83. The van der Waals surface area contributed by atoms with Crippen LogP contribution in [0.1, 0.15) is 29.7 Å². The Labute approximate surface area is 208 Å². The molecule has 0 aliphatic heterocycles. The zero-order valence-corrected chi connectivity index (χ0v) is 21.9. The number of carbonyl (C=O) groups excluding carboxylic acids is 1. The predicted molar refractivity (Wildman–Crippen MR) is 140 cm³/mol. The Kier molecular flexibility index (Phi) is 12.7. The quantitative estimate of drug-likeness (QED) is 0.204. The van der Waals surface area contributed by atoms with Crippen LogP contribution in [0.5, 0.6) is 5.75 Å². The number of hydrogen-bond acceptors (Lipinski definition) is 4. The van der Waals surface area contributed by atoms with E-state index in [1.54, 1.807) is 26.1 Å². The van der Waals surface area contributed by atoms with E-state index in [2.05, 4.69) is 29.7 Å². The molecule has 0 saturated heterocycles. The lowest BCUT2D eigenvalue weighted by atomic mass is 10.1. The zero-order valence-electron chi connectivity index (χ0n) is 19.6. The monoisotopic (exact) mass is 554 g/mol. The van der Waals surface area contributed by atoms with Gasteiger partial charge in [0.15, 0.2) is 5.96 Å². The van der Waals surface area contributed by atoms with Crippen molar-refractivity contribution in [1.29, 1.82) is 0 Å². The van der Waals surface area contributed by atoms with Crippen LogP contribution in [0.15, 0.2) is 53.5 Å². The van der Waals surface area contributed by atoms with Gasteiger partial charge in [0.2, 0.25) is 5.91 Å². The smallest absolute Gasteiger partial charge is 0.241 e. The van der Waals surface area contributed by atoms with Crippen molar-refractivity contribution in [2.24, 2.45) is 4.99 Å². The molecule has 0 heterocycles. The lowest BCUT2D eigenvalue weighted by Crippen LogP contribution is -2.43. The molecule has 2 aromatic rings. The summed E-state index contributed by atoms with van der Waals surface area (Å²) < 4.78 is 11.0. The molecule has 1 unspecified atom stereocenters. The van der Waals surface area contributed by atoms with Gasteiger partial charge < -0.3 is 25.0 Å². The maximum absolute atomic E-state index is 12.1. The summed E-state index contributed by atoms with van der Waals surface area (Å²) in [6, 6.07) is 16.2. The van der Waals surface area contributed by atoms with Crippen molar-refractivity contribution < 1.29 is 14.3 Å². The number of methoxy groups -OCH3 is 1. The summed E-state index contributed by atoms with van der Waals surface area (Å²) in [6.07, 6.45) is 0. The van der Waals surface area contributed by atoms with E-state index in [9.17, 15) is 4.79 Å². The van der Waals surface area contributed by atoms with E-state index < -0.39 is 0 Å². The van der Waals surface area contributed by atoms with Gasteiger partial charge in [-0.2, -0.15) is 0 Å². The molecule has 0 fully saturated rings. The summed E-state index contributed by atoms with van der Waals surface area (Å²) in [6.45, 7) is 5.65. The zero-order chi connectivity index (χ0) is 22.6. The molecule has 1 atom stereocenters. The molecule has 0 aliphatic carbocycles. The third-order valence-electron chi connectivity index (χ3n) is 4.73. The van der Waals surface area contributed by atoms with Gasteiger partial charge in [-0.15, -0.1) is 24.0 Å². The molecule has 1 amide bonds. The largest absolute Gasteiger partial charge is 0.491 e. The maximum Gasteiger partial charge on any atom is 0.241 e. The van der Waals surface area contributed by atoms with Gasteiger partial charge in [-0.3, -0.25) is 4.79 Å². The number of amides is 1. The lowest BCUT2D eigenvalue weighted by Gasteiger charge is -2.20. The number of rotatable bonds is 10. The second-order valence-electron chi connectivity index (χ2n) is 7.54. The number of carbonyl (C=O) groups is 1. The van der Waals surface area contributed by atoms with Crippen LogP contribution in [-0.2, 0) is 16.1 Å². The van der Waals surface area contributed by atoms with Gasteiger partial charge in [-0.1, -0.05) is 42.5 Å². The summed E-state index contributed by atoms with van der Waals surface area (Å²) >= 11 is 0. The van der Waals surface area contributed by atoms with Crippen LogP contribution >= 0.6 is 24.0 Å². The van der Waals surface area contributed by atoms with Crippen molar-refractivity contribution in [3.8, 4) is 5.75 Å². The van der Waals surface area contributed by atoms with E-state index in [-0.39, 0.29) is 42.5 Å². The lowest BCUT2D eigenvalue weighted by molar-refractivity contribution is -0.127. The minimum absolute atomic E-state index is 0. The van der Waals surface area contributed by atoms with Gasteiger partial charge in [0.25, 0.3) is 0 Å². The summed E-state index contributed by atoms with van der Waals surface area (Å²) in [4.78, 5) is 18.3. The maximum atomic E-state index is 12.1. The molecule has 0 radical (unpaired) electrons. The standard InChI is InChI=1S/C24H34N4O3.HI/c1-18-11-12-21(22(15-18)31-14-13-30-5)16-25-24(26-17-23(29)28(3)4)27-19(2)20-9-7-6-8-10-20;/h6-12,15,19H,13-14,16-17H2,1-5H3,(H2,25,26,27);1H. The molecule has 7 nitrogen and oxygen atoms in total. The van der Waals surface area contributed by atoms with Crippen LogP contribution in [-0.4, -0.2) is 57.7 Å². The van der Waals surface area contributed by atoms with Gasteiger partial charge in [-0.05, 0) is 31.0 Å². The fraction of sp³-hybridized carbons (Fsp3) is 0.417. The number of ether oxygens (including phenoxy) is 2. The molecule has 2 rings (SSSR count). The predicted octanol–water partition coefficient (Wildman–Crippen LogP) is 3.52. The van der Waals surface area contributed by atoms with Crippen LogP contribution in [0.2, 0.25) is 0 Å². The van der Waals surface area contributed by atoms with Gasteiger partial charge >= 0.3 is 0 Å². The van der Waals surface area contributed by atoms with Crippen molar-refractivity contribution in [2.75, 3.05) is 41.0 Å². The van der Waals surface area contributed by atoms with Crippen LogP contribution in [0.3, 0.4) is 0 Å². The number of nitrogens with one attached hydrogen (secondary N) is 2. The number of benzene rings is 2. The Morgan fingerprint density at radius 1 is 1.12 bits per heavy atom. The molecule has 0 aliphatic rings. The summed E-state index contributed by atoms with van der Waals surface area (Å²) in [5.41, 5.74) is 3.22. The summed E-state index contributed by atoms with van der Waals surface area (Å²) in [7, 11) is 5.12. The Morgan fingerprint density at radius 2 is 1.84 bits per heavy atom. The fourth-order valence-corrected chi connectivity index (χ4v) is 2.83. The number of guanidine groups is 1. The van der Waals surface area contributed by atoms with Crippen molar-refractivity contribution in [2.45, 2.75) is 26.4 Å². The second-order valence-corrected chi connectivity index (χ2v) is 7.54. The number of nitrogens with zero attached hydrogens (tertiary/aromatic N) is 2. The minimum Gasteiger partial charge on any atom is -0.491 e. The molecule has 32 heavy (non-hydrogen) atoms. The molecule has 176 valence electrons. The molecule has 2 aromatic carbocycles. The molecular formula is C24H35IN4O3. The molecular weight excluding hydrogens is 519 g/mol. The normalized spacial score (nSPS) is 11.8. The first-order chi connectivity index (χ1) is 14.9. The van der Waals surface area contributed by atoms with Crippen molar-refractivity contribution in [3.63, 3.8) is 0 Å². The van der Waals surface area contributed by atoms with Crippen LogP contribution in [0.4, 0.5) is 0 Å². The first-order valence-corrected chi connectivity index (χ1v) is 10.4. The molecule has 8 heteroatoms. The highest BCUT2D eigenvalue weighted by atomic mass is 127. The molecule has 0 spiro atoms. The van der Waals surface area contributed by atoms with E-state index >= 15 is 0 Å². The van der Waals surface area contributed by atoms with E-state index in [0.29, 0.717) is 25.7 Å². The molecule has 0 aromatic heterocycles. The van der Waals surface area contributed by atoms with E-state index in [0.717, 1.165) is 22.4 Å². The van der Waals surface area contributed by atoms with E-state index in [4.69, 9.17) is 14.5 Å². The van der Waals surface area contributed by atoms with Crippen molar-refractivity contribution in [1.82, 2.24) is 15.5 Å². The number of hydrogen-bond donors (Lipinski definition) is 2. The second kappa shape index (κ2) is 14.7. The SMILES string of the molecule is COCCOc1cc(C)ccc1CN=C(NCC(=O)N(C)C)NC(C)c1ccccc1.I. The first kappa shape index (κ1) is 27.7. The minimum atomic E-state index is -0.0270. The van der Waals surface area contributed by atoms with E-state index in [1.165, 1.54) is 0 Å². The Hall–Kier alpha value is -2.33. The third-order valence-corrected chi connectivity index (χ3v) is 4.73. The summed E-state index contributed by atoms with van der Waals surface area (Å²) in [5, 5.41) is 6.53. The highest BCUT2D eigenvalue weighted by Gasteiger charge is 2.11. The average molecular weight is 554 g/mol. The van der Waals surface area contributed by atoms with Crippen molar-refractivity contribution >= 4 is 35.8 Å². The van der Waals surface area contributed by atoms with Crippen LogP contribution in [0, 0.1) is 6.92 Å². The summed E-state index contributed by atoms with van der Waals surface area (Å²) in [5.74, 6) is 1.33. The Morgan fingerprint density at radius 3 is 2.50 bits per heavy atom. The highest BCUT2D eigenvalue weighted by Crippen LogP contribution is 2.21. The van der Waals surface area contributed by atoms with Crippen LogP contribution < -0.4 is 15.4 Å². The van der Waals surface area contributed by atoms with Gasteiger partial charge in [-0.25, -0.2) is 4.99 Å². The van der Waals surface area contributed by atoms with Crippen LogP contribution in [0.25, 0.3) is 0 Å². The third kappa shape index (κ3) is 9.44. The average Bonchev–Trinajstić information content (AvgIpc) is 2.76. The first-order valence-electron chi connectivity index (χ1n) is 10.4. The molecule has 0 saturated carbocycles. The number of halogens is 1. The van der Waals surface area contributed by atoms with Gasteiger partial charge in [0.05, 0.1) is 25.7 Å². The van der Waals surface area contributed by atoms with Gasteiger partial charge in [0.1, 0.15) is 12.4 Å².